The summed E-state index contributed by atoms with van der Waals surface area (Å²) in [4.78, 5) is 52.2. The summed E-state index contributed by atoms with van der Waals surface area (Å²) in [5.41, 5.74) is -1.79. The average Bonchev–Trinajstić information content (AvgIpc) is 3.26. The van der Waals surface area contributed by atoms with E-state index in [-0.39, 0.29) is 24.3 Å². The molecule has 3 N–H and O–H groups in total. The third-order valence-electron chi connectivity index (χ3n) is 7.74. The molecule has 0 aromatic carbocycles. The van der Waals surface area contributed by atoms with Gasteiger partial charge in [0, 0.05) is 18.0 Å². The van der Waals surface area contributed by atoms with Crippen LogP contribution < -0.4 is 16.0 Å². The van der Waals surface area contributed by atoms with Gasteiger partial charge in [-0.25, -0.2) is 0 Å². The van der Waals surface area contributed by atoms with Crippen molar-refractivity contribution in [1.82, 2.24) is 20.9 Å². The molecule has 2 saturated heterocycles. The Balaban J connectivity index is 1.79. The van der Waals surface area contributed by atoms with E-state index in [2.05, 4.69) is 10.6 Å². The van der Waals surface area contributed by atoms with Gasteiger partial charge in [0.25, 0.3) is 0 Å². The van der Waals surface area contributed by atoms with Crippen LogP contribution in [0.3, 0.4) is 0 Å². The third kappa shape index (κ3) is 6.36. The molecule has 2 aliphatic heterocycles. The van der Waals surface area contributed by atoms with Gasteiger partial charge in [0.15, 0.2) is 0 Å². The second-order valence-electron chi connectivity index (χ2n) is 12.5. The number of hydrogen-bond acceptors (Lipinski definition) is 5. The number of nitrogens with zero attached hydrogens (tertiary/aromatic N) is 2. The standard InChI is InChI=1S/C25H36F3N5O4/c1-22(2,3)17(31-21(37)25(26,27)28)20(36)33-13-24(7-6-8-24)11-16(33)19(35)30-15(12-29)9-14-10-23(4,5)32-18(14)34/h14-17H,6-11,13H2,1-5H3,(H,30,35)(H,31,37)(H,32,34)/t14-,15+,16?,17?/m1/s1. The Morgan fingerprint density at radius 3 is 2.22 bits per heavy atom. The minimum Gasteiger partial charge on any atom is -0.351 e. The van der Waals surface area contributed by atoms with Crippen molar-refractivity contribution in [3.8, 4) is 6.07 Å². The summed E-state index contributed by atoms with van der Waals surface area (Å²) in [6, 6.07) is -1.47. The van der Waals surface area contributed by atoms with Crippen LogP contribution in [0.5, 0.6) is 0 Å². The van der Waals surface area contributed by atoms with E-state index in [0.717, 1.165) is 19.3 Å². The van der Waals surface area contributed by atoms with E-state index < -0.39 is 58.9 Å². The molecule has 0 aromatic heterocycles. The summed E-state index contributed by atoms with van der Waals surface area (Å²) in [5, 5.41) is 17.0. The van der Waals surface area contributed by atoms with Crippen LogP contribution in [0.4, 0.5) is 13.2 Å². The summed E-state index contributed by atoms with van der Waals surface area (Å²) < 4.78 is 39.0. The van der Waals surface area contributed by atoms with E-state index in [9.17, 15) is 37.6 Å². The molecule has 2 heterocycles. The Labute approximate surface area is 214 Å². The van der Waals surface area contributed by atoms with Crippen molar-refractivity contribution < 1.29 is 32.3 Å². The molecule has 1 spiro atoms. The molecule has 12 heteroatoms. The summed E-state index contributed by atoms with van der Waals surface area (Å²) in [7, 11) is 0. The average molecular weight is 528 g/mol. The zero-order chi connectivity index (χ0) is 28.0. The highest BCUT2D eigenvalue weighted by Gasteiger charge is 2.54. The summed E-state index contributed by atoms with van der Waals surface area (Å²) >= 11 is 0. The van der Waals surface area contributed by atoms with Crippen molar-refractivity contribution in [2.45, 2.75) is 103 Å². The quantitative estimate of drug-likeness (QED) is 0.487. The fourth-order valence-corrected chi connectivity index (χ4v) is 5.67. The first-order chi connectivity index (χ1) is 16.9. The minimum atomic E-state index is -5.16. The topological polar surface area (TPSA) is 131 Å². The maximum absolute atomic E-state index is 13.6. The van der Waals surface area contributed by atoms with Gasteiger partial charge < -0.3 is 20.9 Å². The second-order valence-corrected chi connectivity index (χ2v) is 12.5. The summed E-state index contributed by atoms with van der Waals surface area (Å²) in [6.07, 6.45) is -1.77. The first kappa shape index (κ1) is 28.7. The Hall–Kier alpha value is -2.84. The van der Waals surface area contributed by atoms with Gasteiger partial charge >= 0.3 is 12.1 Å². The van der Waals surface area contributed by atoms with Crippen molar-refractivity contribution >= 4 is 23.6 Å². The largest absolute Gasteiger partial charge is 0.471 e. The van der Waals surface area contributed by atoms with Gasteiger partial charge in [-0.15, -0.1) is 0 Å². The molecule has 3 fully saturated rings. The number of carbonyl (C=O) groups excluding carboxylic acids is 4. The van der Waals surface area contributed by atoms with E-state index in [4.69, 9.17) is 0 Å². The molecule has 1 saturated carbocycles. The molecule has 3 aliphatic rings. The molecule has 0 aromatic rings. The normalized spacial score (nSPS) is 26.0. The molecule has 4 amide bonds. The molecule has 0 radical (unpaired) electrons. The maximum atomic E-state index is 13.6. The van der Waals surface area contributed by atoms with Crippen LogP contribution in [0.2, 0.25) is 0 Å². The van der Waals surface area contributed by atoms with E-state index in [1.54, 1.807) is 0 Å². The zero-order valence-corrected chi connectivity index (χ0v) is 21.9. The van der Waals surface area contributed by atoms with Crippen LogP contribution in [0.25, 0.3) is 0 Å². The van der Waals surface area contributed by atoms with Crippen molar-refractivity contribution in [3.05, 3.63) is 0 Å². The first-order valence-corrected chi connectivity index (χ1v) is 12.6. The smallest absolute Gasteiger partial charge is 0.351 e. The number of likely N-dealkylation sites (tertiary alicyclic amines) is 1. The van der Waals surface area contributed by atoms with Crippen molar-refractivity contribution in [2.75, 3.05) is 6.54 Å². The van der Waals surface area contributed by atoms with E-state index in [1.165, 1.54) is 25.7 Å². The Morgan fingerprint density at radius 1 is 1.16 bits per heavy atom. The predicted molar refractivity (Wildman–Crippen MR) is 126 cm³/mol. The molecule has 9 nitrogen and oxygen atoms in total. The molecule has 206 valence electrons. The number of amides is 4. The van der Waals surface area contributed by atoms with E-state index in [1.807, 2.05) is 25.2 Å². The fraction of sp³-hybridized carbons (Fsp3) is 0.800. The van der Waals surface area contributed by atoms with Crippen molar-refractivity contribution in [1.29, 1.82) is 5.26 Å². The predicted octanol–water partition coefficient (Wildman–Crippen LogP) is 2.16. The number of rotatable bonds is 6. The number of alkyl halides is 3. The van der Waals surface area contributed by atoms with Crippen LogP contribution in [-0.4, -0.2) is 64.9 Å². The highest BCUT2D eigenvalue weighted by Crippen LogP contribution is 2.50. The SMILES string of the molecule is CC1(C)C[C@@H](C[C@@H](C#N)NC(=O)C2CC3(CCC3)CN2C(=O)C(NC(=O)C(F)(F)F)C(C)(C)C)C(=O)N1. The number of carbonyl (C=O) groups is 4. The van der Waals surface area contributed by atoms with Gasteiger partial charge in [-0.2, -0.15) is 18.4 Å². The van der Waals surface area contributed by atoms with Gasteiger partial charge in [-0.05, 0) is 56.8 Å². The van der Waals surface area contributed by atoms with E-state index in [0.29, 0.717) is 12.8 Å². The molecule has 2 unspecified atom stereocenters. The molecule has 3 rings (SSSR count). The van der Waals surface area contributed by atoms with Crippen molar-refractivity contribution in [3.63, 3.8) is 0 Å². The van der Waals surface area contributed by atoms with Gasteiger partial charge in [0.1, 0.15) is 18.1 Å². The fourth-order valence-electron chi connectivity index (χ4n) is 5.67. The monoisotopic (exact) mass is 527 g/mol. The third-order valence-corrected chi connectivity index (χ3v) is 7.74. The van der Waals surface area contributed by atoms with Crippen LogP contribution in [-0.2, 0) is 19.2 Å². The lowest BCUT2D eigenvalue weighted by Gasteiger charge is -2.39. The molecule has 0 bridgehead atoms. The Kier molecular flexibility index (Phi) is 7.61. The lowest BCUT2D eigenvalue weighted by Crippen LogP contribution is -2.59. The van der Waals surface area contributed by atoms with Gasteiger partial charge in [0.2, 0.25) is 17.7 Å². The highest BCUT2D eigenvalue weighted by atomic mass is 19.4. The van der Waals surface area contributed by atoms with Gasteiger partial charge in [-0.3, -0.25) is 19.2 Å². The zero-order valence-electron chi connectivity index (χ0n) is 21.9. The molecular formula is C25H36F3N5O4. The number of nitrogens with one attached hydrogen (secondary N) is 3. The van der Waals surface area contributed by atoms with Crippen LogP contribution in [0.1, 0.15) is 73.1 Å². The molecule has 4 atom stereocenters. The first-order valence-electron chi connectivity index (χ1n) is 12.6. The van der Waals surface area contributed by atoms with Crippen LogP contribution >= 0.6 is 0 Å². The number of halogens is 3. The van der Waals surface area contributed by atoms with Crippen molar-refractivity contribution in [2.24, 2.45) is 16.7 Å². The van der Waals surface area contributed by atoms with Gasteiger partial charge in [0.05, 0.1) is 6.07 Å². The van der Waals surface area contributed by atoms with E-state index >= 15 is 0 Å². The number of hydrogen-bond donors (Lipinski definition) is 3. The van der Waals surface area contributed by atoms with Crippen LogP contribution in [0.15, 0.2) is 0 Å². The minimum absolute atomic E-state index is 0.107. The summed E-state index contributed by atoms with van der Waals surface area (Å²) in [6.45, 7) is 8.54. The van der Waals surface area contributed by atoms with Gasteiger partial charge in [-0.1, -0.05) is 27.2 Å². The summed E-state index contributed by atoms with van der Waals surface area (Å²) in [5.74, 6) is -4.22. The maximum Gasteiger partial charge on any atom is 0.471 e. The van der Waals surface area contributed by atoms with Crippen LogP contribution in [0, 0.1) is 28.1 Å². The number of nitriles is 1. The highest BCUT2D eigenvalue weighted by molar-refractivity contribution is 5.94. The lowest BCUT2D eigenvalue weighted by atomic mass is 9.67. The molecular weight excluding hydrogens is 491 g/mol. The molecule has 37 heavy (non-hydrogen) atoms. The molecule has 1 aliphatic carbocycles. The lowest BCUT2D eigenvalue weighted by molar-refractivity contribution is -0.176. The Bertz CT molecular complexity index is 994. The Morgan fingerprint density at radius 2 is 1.78 bits per heavy atom. The second kappa shape index (κ2) is 9.80.